The molecule has 6 nitrogen and oxygen atoms in total. The van der Waals surface area contributed by atoms with E-state index in [0.29, 0.717) is 6.42 Å². The van der Waals surface area contributed by atoms with Crippen molar-refractivity contribution >= 4 is 0 Å². The van der Waals surface area contributed by atoms with Gasteiger partial charge in [0.05, 0.1) is 18.8 Å². The Labute approximate surface area is 141 Å². The van der Waals surface area contributed by atoms with E-state index in [1.807, 2.05) is 27.7 Å². The van der Waals surface area contributed by atoms with E-state index < -0.39 is 23.8 Å². The Morgan fingerprint density at radius 2 is 1.50 bits per heavy atom. The minimum atomic E-state index is -0.841. The number of hydrogen-bond donors (Lipinski definition) is 4. The van der Waals surface area contributed by atoms with Crippen molar-refractivity contribution in [1.29, 1.82) is 0 Å². The van der Waals surface area contributed by atoms with Gasteiger partial charge in [0.2, 0.25) is 0 Å². The van der Waals surface area contributed by atoms with Gasteiger partial charge in [-0.3, -0.25) is 0 Å². The van der Waals surface area contributed by atoms with Crippen molar-refractivity contribution in [3.8, 4) is 0 Å². The van der Waals surface area contributed by atoms with Crippen LogP contribution in [0.5, 0.6) is 0 Å². The van der Waals surface area contributed by atoms with Crippen LogP contribution in [0.25, 0.3) is 0 Å². The molecule has 0 amide bonds. The number of halogens is 2. The predicted molar refractivity (Wildman–Crippen MR) is 84.2 cm³/mol. The molecule has 2 rings (SSSR count). The van der Waals surface area contributed by atoms with Gasteiger partial charge < -0.3 is 29.9 Å². The van der Waals surface area contributed by atoms with Crippen LogP contribution in [0.15, 0.2) is 11.1 Å². The van der Waals surface area contributed by atoms with Crippen molar-refractivity contribution in [2.75, 3.05) is 13.2 Å². The lowest BCUT2D eigenvalue weighted by atomic mass is 9.76. The molecule has 0 spiro atoms. The monoisotopic (exact) mass is 356 g/mol. The van der Waals surface area contributed by atoms with Crippen LogP contribution in [-0.4, -0.2) is 57.4 Å². The minimum absolute atomic E-state index is 0.0446. The predicted octanol–water partition coefficient (Wildman–Crippen LogP) is 1.77. The molecule has 4 atom stereocenters. The number of ether oxygens (including phenoxy) is 2. The average molecular weight is 356 g/mol. The lowest BCUT2D eigenvalue weighted by Crippen LogP contribution is -2.41. The molecule has 1 saturated heterocycles. The Bertz CT molecular complexity index is 442. The molecule has 24 heavy (non-hydrogen) atoms. The molecule has 144 valence electrons. The minimum Gasteiger partial charge on any atom is -0.393 e. The fourth-order valence-electron chi connectivity index (χ4n) is 2.59. The first-order chi connectivity index (χ1) is 10.9. The summed E-state index contributed by atoms with van der Waals surface area (Å²) in [5.41, 5.74) is 0.311. The van der Waals surface area contributed by atoms with E-state index in [-0.39, 0.29) is 18.6 Å². The molecule has 0 aliphatic carbocycles. The van der Waals surface area contributed by atoms with Crippen molar-refractivity contribution in [1.82, 2.24) is 0 Å². The zero-order valence-electron chi connectivity index (χ0n) is 15.1. The van der Waals surface area contributed by atoms with Gasteiger partial charge in [-0.25, -0.2) is 0 Å². The fourth-order valence-corrected chi connectivity index (χ4v) is 2.59. The Morgan fingerprint density at radius 1 is 1.00 bits per heavy atom. The Hall–Kier alpha value is -0.640. The van der Waals surface area contributed by atoms with Gasteiger partial charge in [0.25, 0.3) is 0 Å². The molecule has 2 aliphatic heterocycles. The third-order valence-corrected chi connectivity index (χ3v) is 5.24. The van der Waals surface area contributed by atoms with Crippen molar-refractivity contribution < 1.29 is 39.0 Å². The van der Waals surface area contributed by atoms with E-state index in [4.69, 9.17) is 28.8 Å². The second-order valence-electron chi connectivity index (χ2n) is 7.22. The maximum absolute atomic E-state index is 9.24. The van der Waals surface area contributed by atoms with Gasteiger partial charge in [0, 0.05) is 21.0 Å². The molecule has 0 radical (unpaired) electrons. The van der Waals surface area contributed by atoms with Crippen LogP contribution in [-0.2, 0) is 9.47 Å². The maximum Gasteiger partial charge on any atom is 0.178 e. The first kappa shape index (κ1) is 23.4. The van der Waals surface area contributed by atoms with Crippen molar-refractivity contribution in [2.24, 2.45) is 5.41 Å². The highest BCUT2D eigenvalue weighted by Crippen LogP contribution is 2.44. The zero-order valence-corrected chi connectivity index (χ0v) is 15.1. The summed E-state index contributed by atoms with van der Waals surface area (Å²) in [6.45, 7) is 11.1. The lowest BCUT2D eigenvalue weighted by molar-refractivity contribution is -0.158. The summed E-state index contributed by atoms with van der Waals surface area (Å²) >= 11 is 0. The maximum atomic E-state index is 9.24. The molecule has 2 aliphatic rings. The van der Waals surface area contributed by atoms with Gasteiger partial charge in [0.1, 0.15) is 5.60 Å². The standard InChI is InChI=1S/C8H16O3.C8H14O3.F2/c1-7(2)4-6(10)11-8(7,3)5-9;1-5-6(2)8(3,4-9)11-7(5)10;1-2/h6,9-10H,4-5H2,1-3H3;7,9-10H,4H2,1-3H3;/t6?,8-;7?,8-;/m11./s1. The van der Waals surface area contributed by atoms with Gasteiger partial charge >= 0.3 is 0 Å². The second-order valence-corrected chi connectivity index (χ2v) is 7.22. The van der Waals surface area contributed by atoms with Crippen LogP contribution in [0.4, 0.5) is 9.15 Å². The van der Waals surface area contributed by atoms with Crippen LogP contribution in [0.3, 0.4) is 0 Å². The summed E-state index contributed by atoms with van der Waals surface area (Å²) in [7, 11) is 0. The molecular weight excluding hydrogens is 326 g/mol. The summed E-state index contributed by atoms with van der Waals surface area (Å²) < 4.78 is 26.4. The smallest absolute Gasteiger partial charge is 0.178 e. The summed E-state index contributed by atoms with van der Waals surface area (Å²) in [5, 5.41) is 36.4. The third kappa shape index (κ3) is 4.71. The van der Waals surface area contributed by atoms with Gasteiger partial charge in [-0.15, -0.1) is 0 Å². The van der Waals surface area contributed by atoms with Crippen LogP contribution >= 0.6 is 0 Å². The van der Waals surface area contributed by atoms with E-state index >= 15 is 0 Å². The molecule has 1 fully saturated rings. The van der Waals surface area contributed by atoms with Crippen LogP contribution < -0.4 is 0 Å². The van der Waals surface area contributed by atoms with Crippen molar-refractivity contribution in [2.45, 2.75) is 71.7 Å². The first-order valence-electron chi connectivity index (χ1n) is 7.68. The Morgan fingerprint density at radius 3 is 1.67 bits per heavy atom. The molecule has 0 saturated carbocycles. The molecule has 0 aromatic heterocycles. The molecule has 4 N–H and O–H groups in total. The lowest BCUT2D eigenvalue weighted by Gasteiger charge is -2.34. The average Bonchev–Trinajstić information content (AvgIpc) is 2.86. The summed E-state index contributed by atoms with van der Waals surface area (Å²) in [6.07, 6.45) is -0.973. The van der Waals surface area contributed by atoms with Crippen molar-refractivity contribution in [3.05, 3.63) is 11.1 Å². The summed E-state index contributed by atoms with van der Waals surface area (Å²) in [6, 6.07) is 0. The second kappa shape index (κ2) is 8.64. The zero-order chi connectivity index (χ0) is 19.3. The van der Waals surface area contributed by atoms with Crippen LogP contribution in [0.2, 0.25) is 0 Å². The quantitative estimate of drug-likeness (QED) is 0.563. The van der Waals surface area contributed by atoms with Gasteiger partial charge in [-0.05, 0) is 38.8 Å². The highest BCUT2D eigenvalue weighted by Gasteiger charge is 2.50. The fraction of sp³-hybridized carbons (Fsp3) is 0.875. The largest absolute Gasteiger partial charge is 0.393 e. The molecule has 8 heteroatoms. The van der Waals surface area contributed by atoms with Crippen LogP contribution in [0, 0.1) is 5.41 Å². The van der Waals surface area contributed by atoms with Gasteiger partial charge in [-0.1, -0.05) is 13.8 Å². The Kier molecular flexibility index (Phi) is 8.41. The van der Waals surface area contributed by atoms with Crippen molar-refractivity contribution in [3.63, 3.8) is 0 Å². The molecule has 2 heterocycles. The number of aliphatic hydroxyl groups is 4. The highest BCUT2D eigenvalue weighted by molar-refractivity contribution is 5.26. The van der Waals surface area contributed by atoms with E-state index in [9.17, 15) is 10.2 Å². The number of hydrogen-bond acceptors (Lipinski definition) is 6. The molecule has 0 bridgehead atoms. The SMILES string of the molecule is CC1(C)CC(O)O[C@]1(C)CO.CC1=C(C)[C@@](C)(CO)OC1O.FF. The number of aliphatic hydroxyl groups excluding tert-OH is 4. The van der Waals surface area contributed by atoms with Crippen LogP contribution in [0.1, 0.15) is 48.0 Å². The van der Waals surface area contributed by atoms with E-state index in [2.05, 4.69) is 0 Å². The number of rotatable bonds is 2. The van der Waals surface area contributed by atoms with Gasteiger partial charge in [-0.2, -0.15) is 0 Å². The normalized spacial score (nSPS) is 37.5. The Balaban J connectivity index is 0.000000400. The first-order valence-corrected chi connectivity index (χ1v) is 7.68. The molecule has 0 aromatic carbocycles. The third-order valence-electron chi connectivity index (χ3n) is 5.24. The topological polar surface area (TPSA) is 99.4 Å². The molecular formula is C16H30F2O6. The van der Waals surface area contributed by atoms with E-state index in [1.54, 1.807) is 13.8 Å². The summed E-state index contributed by atoms with van der Waals surface area (Å²) in [5.74, 6) is 0. The molecule has 2 unspecified atom stereocenters. The van der Waals surface area contributed by atoms with E-state index in [0.717, 1.165) is 11.1 Å². The molecule has 0 aromatic rings. The van der Waals surface area contributed by atoms with E-state index in [1.165, 1.54) is 0 Å². The van der Waals surface area contributed by atoms with Gasteiger partial charge in [0.15, 0.2) is 12.6 Å². The highest BCUT2D eigenvalue weighted by atomic mass is 20.0. The summed E-state index contributed by atoms with van der Waals surface area (Å²) in [4.78, 5) is 0.